The molecule has 0 aromatic carbocycles. The third kappa shape index (κ3) is 3.48. The van der Waals surface area contributed by atoms with E-state index in [4.69, 9.17) is 5.11 Å². The Bertz CT molecular complexity index is 236. The average Bonchev–Trinajstić information content (AvgIpc) is 2.16. The molecule has 2 unspecified atom stereocenters. The van der Waals surface area contributed by atoms with Gasteiger partial charge in [-0.25, -0.2) is 0 Å². The maximum Gasteiger partial charge on any atom is 0.305 e. The van der Waals surface area contributed by atoms with E-state index < -0.39 is 5.97 Å². The number of rotatable bonds is 5. The molecule has 1 rings (SSSR count). The molecule has 0 aromatic rings. The van der Waals surface area contributed by atoms with Crippen molar-refractivity contribution < 1.29 is 9.90 Å². The van der Waals surface area contributed by atoms with Gasteiger partial charge in [-0.1, -0.05) is 33.6 Å². The van der Waals surface area contributed by atoms with Crippen LogP contribution in [-0.4, -0.2) is 23.2 Å². The van der Waals surface area contributed by atoms with Crippen LogP contribution in [0, 0.1) is 11.8 Å². The summed E-state index contributed by atoms with van der Waals surface area (Å²) in [4.78, 5) is 11.0. The van der Waals surface area contributed by atoms with E-state index in [2.05, 4.69) is 26.1 Å². The van der Waals surface area contributed by atoms with Gasteiger partial charge in [0, 0.05) is 5.54 Å². The molecule has 0 aromatic heterocycles. The predicted octanol–water partition coefficient (Wildman–Crippen LogP) is 2.66. The van der Waals surface area contributed by atoms with Crippen LogP contribution in [0.15, 0.2) is 0 Å². The summed E-state index contributed by atoms with van der Waals surface area (Å²) in [5.74, 6) is 0.657. The molecule has 3 nitrogen and oxygen atoms in total. The molecule has 0 bridgehead atoms. The van der Waals surface area contributed by atoms with Crippen LogP contribution in [0.4, 0.5) is 0 Å². The maximum absolute atomic E-state index is 11.0. The van der Waals surface area contributed by atoms with Crippen molar-refractivity contribution in [2.24, 2.45) is 11.8 Å². The van der Waals surface area contributed by atoms with Crippen molar-refractivity contribution in [3.05, 3.63) is 0 Å². The first kappa shape index (κ1) is 13.5. The molecule has 2 N–H and O–H groups in total. The molecule has 2 atom stereocenters. The van der Waals surface area contributed by atoms with E-state index in [1.807, 2.05) is 0 Å². The highest BCUT2D eigenvalue weighted by molar-refractivity contribution is 5.68. The monoisotopic (exact) mass is 227 g/mol. The van der Waals surface area contributed by atoms with Gasteiger partial charge in [-0.05, 0) is 31.2 Å². The van der Waals surface area contributed by atoms with Crippen LogP contribution < -0.4 is 5.32 Å². The van der Waals surface area contributed by atoms with Crippen LogP contribution in [0.5, 0.6) is 0 Å². The lowest BCUT2D eigenvalue weighted by molar-refractivity contribution is -0.139. The Balaban J connectivity index is 2.71. The van der Waals surface area contributed by atoms with Crippen LogP contribution in [0.25, 0.3) is 0 Å². The largest absolute Gasteiger partial charge is 0.481 e. The Morgan fingerprint density at radius 1 is 1.56 bits per heavy atom. The minimum atomic E-state index is -0.676. The Morgan fingerprint density at radius 2 is 2.25 bits per heavy atom. The van der Waals surface area contributed by atoms with Crippen molar-refractivity contribution in [3.63, 3.8) is 0 Å². The first-order valence-corrected chi connectivity index (χ1v) is 6.46. The molecule has 1 fully saturated rings. The minimum Gasteiger partial charge on any atom is -0.481 e. The van der Waals surface area contributed by atoms with Crippen molar-refractivity contribution in [3.8, 4) is 0 Å². The molecule has 0 spiro atoms. The lowest BCUT2D eigenvalue weighted by atomic mass is 9.70. The zero-order valence-corrected chi connectivity index (χ0v) is 10.8. The van der Waals surface area contributed by atoms with E-state index in [0.717, 1.165) is 25.8 Å². The number of hydrogen-bond donors (Lipinski definition) is 2. The van der Waals surface area contributed by atoms with Crippen LogP contribution in [0.2, 0.25) is 0 Å². The fraction of sp³-hybridized carbons (Fsp3) is 0.923. The topological polar surface area (TPSA) is 49.3 Å². The highest BCUT2D eigenvalue weighted by Gasteiger charge is 2.38. The summed E-state index contributed by atoms with van der Waals surface area (Å²) in [6.45, 7) is 7.40. The molecular formula is C13H25NO2. The summed E-state index contributed by atoms with van der Waals surface area (Å²) in [7, 11) is 0. The molecule has 16 heavy (non-hydrogen) atoms. The summed E-state index contributed by atoms with van der Waals surface area (Å²) in [6.07, 6.45) is 4.71. The van der Waals surface area contributed by atoms with Gasteiger partial charge in [-0.2, -0.15) is 0 Å². The molecule has 0 radical (unpaired) electrons. The van der Waals surface area contributed by atoms with E-state index in [0.29, 0.717) is 11.8 Å². The van der Waals surface area contributed by atoms with Gasteiger partial charge in [0.1, 0.15) is 0 Å². The second-order valence-electron chi connectivity index (χ2n) is 5.48. The molecule has 0 saturated heterocycles. The lowest BCUT2D eigenvalue weighted by Crippen LogP contribution is -2.50. The van der Waals surface area contributed by atoms with E-state index in [1.54, 1.807) is 0 Å². The molecular weight excluding hydrogens is 202 g/mol. The summed E-state index contributed by atoms with van der Waals surface area (Å²) in [5, 5.41) is 12.5. The molecule has 0 amide bonds. The van der Waals surface area contributed by atoms with Gasteiger partial charge in [0.05, 0.1) is 6.42 Å². The van der Waals surface area contributed by atoms with Gasteiger partial charge >= 0.3 is 5.97 Å². The van der Waals surface area contributed by atoms with Crippen molar-refractivity contribution in [2.75, 3.05) is 6.54 Å². The summed E-state index contributed by atoms with van der Waals surface area (Å²) in [5.41, 5.74) is -0.145. The molecule has 1 aliphatic carbocycles. The lowest BCUT2D eigenvalue weighted by Gasteiger charge is -2.42. The number of carboxylic acid groups (broad SMARTS) is 1. The fourth-order valence-electron chi connectivity index (χ4n) is 3.03. The number of nitrogens with one attached hydrogen (secondary N) is 1. The van der Waals surface area contributed by atoms with Gasteiger partial charge in [-0.3, -0.25) is 4.79 Å². The fourth-order valence-corrected chi connectivity index (χ4v) is 3.03. The molecule has 0 aliphatic heterocycles. The Labute approximate surface area is 98.6 Å². The van der Waals surface area contributed by atoms with E-state index in [9.17, 15) is 4.79 Å². The zero-order valence-electron chi connectivity index (χ0n) is 10.8. The predicted molar refractivity (Wildman–Crippen MR) is 65.5 cm³/mol. The smallest absolute Gasteiger partial charge is 0.305 e. The Morgan fingerprint density at radius 3 is 2.75 bits per heavy atom. The highest BCUT2D eigenvalue weighted by atomic mass is 16.4. The number of carbonyl (C=O) groups is 1. The average molecular weight is 227 g/mol. The van der Waals surface area contributed by atoms with Crippen molar-refractivity contribution in [2.45, 2.75) is 58.4 Å². The number of aliphatic carboxylic acids is 1. The van der Waals surface area contributed by atoms with Crippen LogP contribution >= 0.6 is 0 Å². The van der Waals surface area contributed by atoms with Crippen LogP contribution in [0.1, 0.15) is 52.9 Å². The van der Waals surface area contributed by atoms with Crippen molar-refractivity contribution >= 4 is 5.97 Å². The maximum atomic E-state index is 11.0. The SMILES string of the molecule is CCNC1(CC(=O)O)CCCC(C(C)C)C1. The summed E-state index contributed by atoms with van der Waals surface area (Å²) >= 11 is 0. The molecule has 1 saturated carbocycles. The second kappa shape index (κ2) is 5.67. The van der Waals surface area contributed by atoms with Crippen LogP contribution in [0.3, 0.4) is 0 Å². The first-order valence-electron chi connectivity index (χ1n) is 6.46. The standard InChI is InChI=1S/C13H25NO2/c1-4-14-13(9-12(15)16)7-5-6-11(8-13)10(2)3/h10-11,14H,4-9H2,1-3H3,(H,15,16). The van der Waals surface area contributed by atoms with E-state index >= 15 is 0 Å². The Kier molecular flexibility index (Phi) is 4.78. The Hall–Kier alpha value is -0.570. The minimum absolute atomic E-state index is 0.145. The number of carboxylic acids is 1. The first-order chi connectivity index (χ1) is 7.49. The van der Waals surface area contributed by atoms with Gasteiger partial charge in [0.15, 0.2) is 0 Å². The number of hydrogen-bond acceptors (Lipinski definition) is 2. The summed E-state index contributed by atoms with van der Waals surface area (Å²) < 4.78 is 0. The van der Waals surface area contributed by atoms with E-state index in [-0.39, 0.29) is 12.0 Å². The van der Waals surface area contributed by atoms with Gasteiger partial charge in [-0.15, -0.1) is 0 Å². The molecule has 0 heterocycles. The molecule has 1 aliphatic rings. The van der Waals surface area contributed by atoms with Crippen molar-refractivity contribution in [1.82, 2.24) is 5.32 Å². The van der Waals surface area contributed by atoms with Gasteiger partial charge in [0.2, 0.25) is 0 Å². The van der Waals surface area contributed by atoms with Crippen LogP contribution in [-0.2, 0) is 4.79 Å². The molecule has 94 valence electrons. The summed E-state index contributed by atoms with van der Waals surface area (Å²) in [6, 6.07) is 0. The molecule has 3 heteroatoms. The third-order valence-corrected chi connectivity index (χ3v) is 3.87. The van der Waals surface area contributed by atoms with Gasteiger partial charge in [0.25, 0.3) is 0 Å². The van der Waals surface area contributed by atoms with Gasteiger partial charge < -0.3 is 10.4 Å². The second-order valence-corrected chi connectivity index (χ2v) is 5.48. The quantitative estimate of drug-likeness (QED) is 0.759. The highest BCUT2D eigenvalue weighted by Crippen LogP contribution is 2.38. The van der Waals surface area contributed by atoms with Crippen molar-refractivity contribution in [1.29, 1.82) is 0 Å². The normalized spacial score (nSPS) is 30.6. The van der Waals surface area contributed by atoms with E-state index in [1.165, 1.54) is 6.42 Å². The zero-order chi connectivity index (χ0) is 12.2. The third-order valence-electron chi connectivity index (χ3n) is 3.87.